The van der Waals surface area contributed by atoms with Gasteiger partial charge in [-0.3, -0.25) is 4.79 Å². The molecule has 5 nitrogen and oxygen atoms in total. The normalized spacial score (nSPS) is 12.1. The van der Waals surface area contributed by atoms with Crippen LogP contribution in [-0.2, 0) is 9.53 Å². The number of carbonyl (C=O) groups excluding carboxylic acids is 1. The lowest BCUT2D eigenvalue weighted by Crippen LogP contribution is -2.16. The number of benzene rings is 1. The summed E-state index contributed by atoms with van der Waals surface area (Å²) in [6, 6.07) is 13.5. The van der Waals surface area contributed by atoms with Crippen LogP contribution in [0.1, 0.15) is 18.0 Å². The molecule has 0 saturated heterocycles. The van der Waals surface area contributed by atoms with Crippen molar-refractivity contribution in [1.29, 1.82) is 0 Å². The molecule has 0 aliphatic rings. The quantitative estimate of drug-likeness (QED) is 0.679. The summed E-state index contributed by atoms with van der Waals surface area (Å²) in [7, 11) is 3.04. The van der Waals surface area contributed by atoms with Gasteiger partial charge in [0, 0.05) is 12.4 Å². The molecule has 0 amide bonds. The van der Waals surface area contributed by atoms with E-state index in [-0.39, 0.29) is 18.4 Å². The summed E-state index contributed by atoms with van der Waals surface area (Å²) in [5.41, 5.74) is 1.81. The number of aromatic nitrogens is 2. The Kier molecular flexibility index (Phi) is 4.28. The summed E-state index contributed by atoms with van der Waals surface area (Å²) in [5.74, 6) is 0.502. The zero-order valence-corrected chi connectivity index (χ0v) is 13.1. The van der Waals surface area contributed by atoms with E-state index in [0.29, 0.717) is 0 Å². The van der Waals surface area contributed by atoms with Gasteiger partial charge in [0.15, 0.2) is 0 Å². The first-order chi connectivity index (χ1) is 11.2. The number of rotatable bonds is 5. The van der Waals surface area contributed by atoms with Crippen LogP contribution in [0.2, 0.25) is 0 Å². The molecule has 3 rings (SSSR count). The standard InChI is InChI=1S/C18H18N2O3/c1-22-16-8-10-19-18-14(16)9-11-20(18)15(12-17(21)23-2)13-6-4-3-5-7-13/h3-11,15H,12H2,1-2H3. The van der Waals surface area contributed by atoms with E-state index in [4.69, 9.17) is 9.47 Å². The zero-order chi connectivity index (χ0) is 16.2. The third-order valence-corrected chi connectivity index (χ3v) is 3.90. The van der Waals surface area contributed by atoms with E-state index < -0.39 is 0 Å². The molecule has 1 unspecified atom stereocenters. The van der Waals surface area contributed by atoms with Crippen LogP contribution in [-0.4, -0.2) is 29.7 Å². The van der Waals surface area contributed by atoms with Gasteiger partial charge in [-0.1, -0.05) is 30.3 Å². The maximum atomic E-state index is 11.9. The molecule has 3 aromatic rings. The number of hydrogen-bond donors (Lipinski definition) is 0. The first-order valence-electron chi connectivity index (χ1n) is 7.36. The topological polar surface area (TPSA) is 53.4 Å². The van der Waals surface area contributed by atoms with E-state index in [2.05, 4.69) is 4.98 Å². The maximum Gasteiger partial charge on any atom is 0.307 e. The molecule has 1 aromatic carbocycles. The first-order valence-corrected chi connectivity index (χ1v) is 7.36. The highest BCUT2D eigenvalue weighted by atomic mass is 16.5. The molecule has 0 aliphatic carbocycles. The lowest BCUT2D eigenvalue weighted by molar-refractivity contribution is -0.141. The van der Waals surface area contributed by atoms with Crippen molar-refractivity contribution in [1.82, 2.24) is 9.55 Å². The van der Waals surface area contributed by atoms with Crippen molar-refractivity contribution in [2.24, 2.45) is 0 Å². The summed E-state index contributed by atoms with van der Waals surface area (Å²) >= 11 is 0. The van der Waals surface area contributed by atoms with Gasteiger partial charge in [-0.25, -0.2) is 4.98 Å². The fraction of sp³-hybridized carbons (Fsp3) is 0.222. The van der Waals surface area contributed by atoms with Crippen LogP contribution in [0.5, 0.6) is 5.75 Å². The van der Waals surface area contributed by atoms with Gasteiger partial charge in [-0.2, -0.15) is 0 Å². The highest BCUT2D eigenvalue weighted by molar-refractivity contribution is 5.83. The summed E-state index contributed by atoms with van der Waals surface area (Å²) in [4.78, 5) is 16.3. The minimum atomic E-state index is -0.261. The average Bonchev–Trinajstić information content (AvgIpc) is 3.04. The van der Waals surface area contributed by atoms with Crippen molar-refractivity contribution in [3.8, 4) is 5.75 Å². The van der Waals surface area contributed by atoms with Crippen molar-refractivity contribution in [3.63, 3.8) is 0 Å². The van der Waals surface area contributed by atoms with E-state index in [1.165, 1.54) is 7.11 Å². The van der Waals surface area contributed by atoms with Gasteiger partial charge in [-0.15, -0.1) is 0 Å². The van der Waals surface area contributed by atoms with Gasteiger partial charge in [0.1, 0.15) is 11.4 Å². The third-order valence-electron chi connectivity index (χ3n) is 3.90. The van der Waals surface area contributed by atoms with Crippen molar-refractivity contribution in [2.45, 2.75) is 12.5 Å². The molecule has 0 saturated carbocycles. The van der Waals surface area contributed by atoms with Crippen LogP contribution < -0.4 is 4.74 Å². The minimum absolute atomic E-state index is 0.180. The summed E-state index contributed by atoms with van der Waals surface area (Å²) in [6.07, 6.45) is 3.88. The number of pyridine rings is 1. The van der Waals surface area contributed by atoms with Crippen LogP contribution in [0, 0.1) is 0 Å². The van der Waals surface area contributed by atoms with Gasteiger partial charge in [0.25, 0.3) is 0 Å². The average molecular weight is 310 g/mol. The molecule has 0 fully saturated rings. The Balaban J connectivity index is 2.12. The third kappa shape index (κ3) is 2.90. The fourth-order valence-electron chi connectivity index (χ4n) is 2.76. The van der Waals surface area contributed by atoms with Crippen LogP contribution in [0.4, 0.5) is 0 Å². The summed E-state index contributed by atoms with van der Waals surface area (Å²) in [5, 5.41) is 0.917. The molecular weight excluding hydrogens is 292 g/mol. The van der Waals surface area contributed by atoms with Crippen molar-refractivity contribution < 1.29 is 14.3 Å². The first kappa shape index (κ1) is 15.1. The maximum absolute atomic E-state index is 11.9. The highest BCUT2D eigenvalue weighted by Crippen LogP contribution is 2.30. The van der Waals surface area contributed by atoms with Crippen molar-refractivity contribution in [2.75, 3.05) is 14.2 Å². The number of fused-ring (bicyclic) bond motifs is 1. The van der Waals surface area contributed by atoms with Gasteiger partial charge in [0.05, 0.1) is 32.1 Å². The van der Waals surface area contributed by atoms with Crippen LogP contribution in [0.15, 0.2) is 54.9 Å². The largest absolute Gasteiger partial charge is 0.496 e. The predicted molar refractivity (Wildman–Crippen MR) is 87.5 cm³/mol. The number of carbonyl (C=O) groups is 1. The van der Waals surface area contributed by atoms with Crippen molar-refractivity contribution in [3.05, 3.63) is 60.4 Å². The van der Waals surface area contributed by atoms with Gasteiger partial charge in [-0.05, 0) is 17.7 Å². The molecule has 1 atom stereocenters. The number of methoxy groups -OCH3 is 2. The second-order valence-electron chi connectivity index (χ2n) is 5.18. The van der Waals surface area contributed by atoms with E-state index in [1.54, 1.807) is 13.3 Å². The molecule has 118 valence electrons. The number of nitrogens with zero attached hydrogens (tertiary/aromatic N) is 2. The van der Waals surface area contributed by atoms with E-state index >= 15 is 0 Å². The molecular formula is C18H18N2O3. The molecule has 0 bridgehead atoms. The van der Waals surface area contributed by atoms with Gasteiger partial charge < -0.3 is 14.0 Å². The number of esters is 1. The summed E-state index contributed by atoms with van der Waals surface area (Å²) in [6.45, 7) is 0. The molecule has 2 heterocycles. The van der Waals surface area contributed by atoms with E-state index in [9.17, 15) is 4.79 Å². The number of hydrogen-bond acceptors (Lipinski definition) is 4. The molecule has 5 heteroatoms. The molecule has 23 heavy (non-hydrogen) atoms. The minimum Gasteiger partial charge on any atom is -0.496 e. The lowest BCUT2D eigenvalue weighted by Gasteiger charge is -2.19. The lowest BCUT2D eigenvalue weighted by atomic mass is 10.0. The van der Waals surface area contributed by atoms with Gasteiger partial charge in [0.2, 0.25) is 0 Å². The molecule has 0 spiro atoms. The number of ether oxygens (including phenoxy) is 2. The zero-order valence-electron chi connectivity index (χ0n) is 13.1. The summed E-state index contributed by atoms with van der Waals surface area (Å²) < 4.78 is 12.2. The Morgan fingerprint density at radius 1 is 1.17 bits per heavy atom. The monoisotopic (exact) mass is 310 g/mol. The van der Waals surface area contributed by atoms with Crippen LogP contribution in [0.25, 0.3) is 11.0 Å². The molecule has 0 N–H and O–H groups in total. The van der Waals surface area contributed by atoms with Gasteiger partial charge >= 0.3 is 5.97 Å². The Morgan fingerprint density at radius 3 is 2.65 bits per heavy atom. The Labute approximate surface area is 134 Å². The highest BCUT2D eigenvalue weighted by Gasteiger charge is 2.21. The molecule has 0 aliphatic heterocycles. The van der Waals surface area contributed by atoms with Crippen molar-refractivity contribution >= 4 is 17.0 Å². The SMILES string of the molecule is COC(=O)CC(c1ccccc1)n1ccc2c(OC)ccnc21. The molecule has 0 radical (unpaired) electrons. The van der Waals surface area contributed by atoms with E-state index in [1.807, 2.05) is 53.2 Å². The van der Waals surface area contributed by atoms with E-state index in [0.717, 1.165) is 22.3 Å². The predicted octanol–water partition coefficient (Wildman–Crippen LogP) is 3.20. The van der Waals surface area contributed by atoms with Crippen LogP contribution >= 0.6 is 0 Å². The fourth-order valence-corrected chi connectivity index (χ4v) is 2.76. The second-order valence-corrected chi connectivity index (χ2v) is 5.18. The Hall–Kier alpha value is -2.82. The smallest absolute Gasteiger partial charge is 0.307 e. The molecule has 2 aromatic heterocycles. The van der Waals surface area contributed by atoms with Crippen LogP contribution in [0.3, 0.4) is 0 Å². The Morgan fingerprint density at radius 2 is 1.96 bits per heavy atom. The Bertz CT molecular complexity index is 812. The second kappa shape index (κ2) is 6.52.